The summed E-state index contributed by atoms with van der Waals surface area (Å²) in [5, 5.41) is 16.3. The van der Waals surface area contributed by atoms with Crippen LogP contribution < -0.4 is 5.32 Å². The number of carbonyl (C=O) groups excluding carboxylic acids is 1. The minimum absolute atomic E-state index is 0.0808. The number of carbonyl (C=O) groups is 1. The highest BCUT2D eigenvalue weighted by molar-refractivity contribution is 5.91. The van der Waals surface area contributed by atoms with E-state index in [1.54, 1.807) is 13.0 Å². The van der Waals surface area contributed by atoms with Crippen molar-refractivity contribution >= 4 is 11.7 Å². The quantitative estimate of drug-likeness (QED) is 0.838. The first kappa shape index (κ1) is 12.6. The molecule has 1 aliphatic carbocycles. The van der Waals surface area contributed by atoms with E-state index in [1.807, 2.05) is 0 Å². The average molecular weight is 265 g/mol. The van der Waals surface area contributed by atoms with E-state index in [1.165, 1.54) is 0 Å². The maximum atomic E-state index is 11.9. The van der Waals surface area contributed by atoms with Crippen molar-refractivity contribution in [2.45, 2.75) is 25.9 Å². The molecule has 6 nitrogen and oxygen atoms in total. The van der Waals surface area contributed by atoms with Gasteiger partial charge in [0.05, 0.1) is 12.6 Å². The van der Waals surface area contributed by atoms with Crippen LogP contribution in [-0.4, -0.2) is 46.8 Å². The molecule has 0 aromatic carbocycles. The van der Waals surface area contributed by atoms with E-state index in [-0.39, 0.29) is 12.0 Å². The van der Waals surface area contributed by atoms with Gasteiger partial charge in [0.15, 0.2) is 5.82 Å². The smallest absolute Gasteiger partial charge is 0.239 e. The summed E-state index contributed by atoms with van der Waals surface area (Å²) in [5.74, 6) is 1.96. The maximum Gasteiger partial charge on any atom is 0.239 e. The van der Waals surface area contributed by atoms with Crippen molar-refractivity contribution in [3.05, 3.63) is 11.8 Å². The van der Waals surface area contributed by atoms with Crippen molar-refractivity contribution in [1.29, 1.82) is 0 Å². The second-order valence-corrected chi connectivity index (χ2v) is 5.63. The maximum absolute atomic E-state index is 11.9. The number of rotatable bonds is 3. The van der Waals surface area contributed by atoms with Gasteiger partial charge in [-0.05, 0) is 25.7 Å². The molecule has 1 aromatic heterocycles. The van der Waals surface area contributed by atoms with Gasteiger partial charge in [0.1, 0.15) is 5.76 Å². The molecule has 3 unspecified atom stereocenters. The molecule has 0 bridgehead atoms. The second-order valence-electron chi connectivity index (χ2n) is 5.63. The number of aliphatic hydroxyl groups excluding tert-OH is 1. The van der Waals surface area contributed by atoms with E-state index < -0.39 is 0 Å². The van der Waals surface area contributed by atoms with Crippen molar-refractivity contribution in [2.75, 3.05) is 25.0 Å². The molecular weight excluding hydrogens is 246 g/mol. The largest absolute Gasteiger partial charge is 0.393 e. The zero-order chi connectivity index (χ0) is 13.4. The number of hydrogen-bond donors (Lipinski definition) is 2. The van der Waals surface area contributed by atoms with Gasteiger partial charge in [-0.15, -0.1) is 0 Å². The molecule has 0 spiro atoms. The molecule has 1 aromatic rings. The Morgan fingerprint density at radius 2 is 2.42 bits per heavy atom. The number of aliphatic hydroxyl groups is 1. The SMILES string of the molecule is Cc1cc(NC(=O)CN2CC3CCC(O)C3C2)no1. The van der Waals surface area contributed by atoms with Crippen LogP contribution in [0.3, 0.4) is 0 Å². The van der Waals surface area contributed by atoms with Crippen molar-refractivity contribution in [2.24, 2.45) is 11.8 Å². The molecule has 104 valence electrons. The molecule has 19 heavy (non-hydrogen) atoms. The van der Waals surface area contributed by atoms with Crippen LogP contribution in [0.5, 0.6) is 0 Å². The summed E-state index contributed by atoms with van der Waals surface area (Å²) in [5.41, 5.74) is 0. The zero-order valence-electron chi connectivity index (χ0n) is 11.0. The molecule has 1 amide bonds. The summed E-state index contributed by atoms with van der Waals surface area (Å²) in [6, 6.07) is 1.69. The molecule has 2 heterocycles. The van der Waals surface area contributed by atoms with E-state index in [2.05, 4.69) is 15.4 Å². The lowest BCUT2D eigenvalue weighted by Crippen LogP contribution is -2.33. The zero-order valence-corrected chi connectivity index (χ0v) is 11.0. The van der Waals surface area contributed by atoms with Crippen LogP contribution in [-0.2, 0) is 4.79 Å². The van der Waals surface area contributed by atoms with Gasteiger partial charge in [-0.1, -0.05) is 5.16 Å². The highest BCUT2D eigenvalue weighted by atomic mass is 16.5. The number of likely N-dealkylation sites (tertiary alicyclic amines) is 1. The summed E-state index contributed by atoms with van der Waals surface area (Å²) < 4.78 is 4.90. The third kappa shape index (κ3) is 2.64. The average Bonchev–Trinajstić information content (AvgIpc) is 2.99. The Balaban J connectivity index is 1.51. The monoisotopic (exact) mass is 265 g/mol. The number of nitrogens with zero attached hydrogens (tertiary/aromatic N) is 2. The minimum atomic E-state index is -0.184. The Morgan fingerprint density at radius 3 is 3.11 bits per heavy atom. The van der Waals surface area contributed by atoms with E-state index in [9.17, 15) is 9.90 Å². The molecular formula is C13H19N3O3. The lowest BCUT2D eigenvalue weighted by atomic mass is 10.00. The summed E-state index contributed by atoms with van der Waals surface area (Å²) >= 11 is 0. The molecule has 2 N–H and O–H groups in total. The number of aryl methyl sites for hydroxylation is 1. The molecule has 1 saturated heterocycles. The van der Waals surface area contributed by atoms with Crippen LogP contribution in [0.1, 0.15) is 18.6 Å². The molecule has 2 fully saturated rings. The highest BCUT2D eigenvalue weighted by Gasteiger charge is 2.42. The Labute approximate surface area is 111 Å². The van der Waals surface area contributed by atoms with Gasteiger partial charge in [-0.2, -0.15) is 0 Å². The molecule has 1 aliphatic heterocycles. The Kier molecular flexibility index (Phi) is 3.28. The predicted molar refractivity (Wildman–Crippen MR) is 68.5 cm³/mol. The van der Waals surface area contributed by atoms with Crippen molar-refractivity contribution in [1.82, 2.24) is 10.1 Å². The van der Waals surface area contributed by atoms with Gasteiger partial charge < -0.3 is 14.9 Å². The number of hydrogen-bond acceptors (Lipinski definition) is 5. The number of amides is 1. The van der Waals surface area contributed by atoms with E-state index in [4.69, 9.17) is 4.52 Å². The summed E-state index contributed by atoms with van der Waals surface area (Å²) in [6.45, 7) is 3.86. The van der Waals surface area contributed by atoms with Crippen LogP contribution in [0.4, 0.5) is 5.82 Å². The molecule has 1 saturated carbocycles. The topological polar surface area (TPSA) is 78.6 Å². The van der Waals surface area contributed by atoms with Crippen molar-refractivity contribution < 1.29 is 14.4 Å². The number of aromatic nitrogens is 1. The number of fused-ring (bicyclic) bond motifs is 1. The Bertz CT molecular complexity index is 473. The van der Waals surface area contributed by atoms with E-state index in [0.717, 1.165) is 25.9 Å². The van der Waals surface area contributed by atoms with E-state index in [0.29, 0.717) is 30.0 Å². The fraction of sp³-hybridized carbons (Fsp3) is 0.692. The van der Waals surface area contributed by atoms with Crippen molar-refractivity contribution in [3.8, 4) is 0 Å². The summed E-state index contributed by atoms with van der Waals surface area (Å²) in [6.07, 6.45) is 1.80. The van der Waals surface area contributed by atoms with Gasteiger partial charge in [-0.25, -0.2) is 0 Å². The fourth-order valence-corrected chi connectivity index (χ4v) is 3.27. The first-order chi connectivity index (χ1) is 9.11. The summed E-state index contributed by atoms with van der Waals surface area (Å²) in [4.78, 5) is 14.0. The van der Waals surface area contributed by atoms with Crippen LogP contribution in [0, 0.1) is 18.8 Å². The third-order valence-electron chi connectivity index (χ3n) is 4.16. The lowest BCUT2D eigenvalue weighted by molar-refractivity contribution is -0.117. The summed E-state index contributed by atoms with van der Waals surface area (Å²) in [7, 11) is 0. The third-order valence-corrected chi connectivity index (χ3v) is 4.16. The molecule has 0 radical (unpaired) electrons. The minimum Gasteiger partial charge on any atom is -0.393 e. The highest BCUT2D eigenvalue weighted by Crippen LogP contribution is 2.37. The normalized spacial score (nSPS) is 30.5. The van der Waals surface area contributed by atoms with Gasteiger partial charge >= 0.3 is 0 Å². The predicted octanol–water partition coefficient (Wildman–Crippen LogP) is 0.624. The van der Waals surface area contributed by atoms with E-state index >= 15 is 0 Å². The van der Waals surface area contributed by atoms with Gasteiger partial charge in [-0.3, -0.25) is 9.69 Å². The second kappa shape index (κ2) is 4.94. The van der Waals surface area contributed by atoms with Crippen LogP contribution in [0.2, 0.25) is 0 Å². The van der Waals surface area contributed by atoms with Crippen molar-refractivity contribution in [3.63, 3.8) is 0 Å². The number of anilines is 1. The molecule has 6 heteroatoms. The molecule has 3 atom stereocenters. The van der Waals surface area contributed by atoms with Crippen LogP contribution >= 0.6 is 0 Å². The molecule has 2 aliphatic rings. The standard InChI is InChI=1S/C13H19N3O3/c1-8-4-12(15-19-8)14-13(18)7-16-5-9-2-3-11(17)10(9)6-16/h4,9-11,17H,2-3,5-7H2,1H3,(H,14,15,18). The first-order valence-corrected chi connectivity index (χ1v) is 6.75. The van der Waals surface area contributed by atoms with Crippen LogP contribution in [0.25, 0.3) is 0 Å². The molecule has 3 rings (SSSR count). The Morgan fingerprint density at radius 1 is 1.58 bits per heavy atom. The first-order valence-electron chi connectivity index (χ1n) is 6.75. The lowest BCUT2D eigenvalue weighted by Gasteiger charge is -2.16. The van der Waals surface area contributed by atoms with Gasteiger partial charge in [0.25, 0.3) is 0 Å². The number of nitrogens with one attached hydrogen (secondary N) is 1. The van der Waals surface area contributed by atoms with Crippen LogP contribution in [0.15, 0.2) is 10.6 Å². The Hall–Kier alpha value is -1.40. The van der Waals surface area contributed by atoms with Gasteiger partial charge in [0.2, 0.25) is 5.91 Å². The fourth-order valence-electron chi connectivity index (χ4n) is 3.27. The van der Waals surface area contributed by atoms with Gasteiger partial charge in [0, 0.05) is 25.1 Å².